The van der Waals surface area contributed by atoms with Crippen LogP contribution in [-0.2, 0) is 24.8 Å². The van der Waals surface area contributed by atoms with Crippen LogP contribution >= 0.6 is 0 Å². The minimum absolute atomic E-state index is 0.0165. The average Bonchev–Trinajstić information content (AvgIpc) is 2.79. The van der Waals surface area contributed by atoms with Gasteiger partial charge in [0.05, 0.1) is 29.6 Å². The topological polar surface area (TPSA) is 122 Å². The predicted octanol–water partition coefficient (Wildman–Crippen LogP) is 3.83. The molecule has 0 fully saturated rings. The number of anilines is 3. The van der Waals surface area contributed by atoms with Crippen LogP contribution in [0.3, 0.4) is 0 Å². The van der Waals surface area contributed by atoms with Gasteiger partial charge >= 0.3 is 0 Å². The highest BCUT2D eigenvalue weighted by Crippen LogP contribution is 2.28. The number of carbonyl (C=O) groups is 1. The van der Waals surface area contributed by atoms with Gasteiger partial charge in [0.1, 0.15) is 12.3 Å². The van der Waals surface area contributed by atoms with Crippen LogP contribution in [0.15, 0.2) is 65.6 Å². The van der Waals surface area contributed by atoms with Crippen LogP contribution in [0.1, 0.15) is 16.7 Å². The second kappa shape index (κ2) is 10.6. The van der Waals surface area contributed by atoms with E-state index in [0.29, 0.717) is 22.8 Å². The molecule has 9 nitrogen and oxygen atoms in total. The van der Waals surface area contributed by atoms with E-state index in [9.17, 15) is 21.6 Å². The van der Waals surface area contributed by atoms with E-state index >= 15 is 0 Å². The molecule has 3 aromatic rings. The number of ether oxygens (including phenoxy) is 1. The molecule has 0 aliphatic heterocycles. The van der Waals surface area contributed by atoms with Crippen molar-refractivity contribution in [1.29, 1.82) is 0 Å². The molecule has 0 saturated carbocycles. The lowest BCUT2D eigenvalue weighted by atomic mass is 10.1. The third kappa shape index (κ3) is 6.35. The van der Waals surface area contributed by atoms with Gasteiger partial charge in [-0.1, -0.05) is 18.2 Å². The molecule has 0 aromatic heterocycles. The number of hydrogen-bond donors (Lipinski definition) is 2. The number of aryl methyl sites for hydroxylation is 2. The van der Waals surface area contributed by atoms with Crippen molar-refractivity contribution in [2.45, 2.75) is 25.7 Å². The van der Waals surface area contributed by atoms with Gasteiger partial charge in [0.2, 0.25) is 15.9 Å². The SMILES string of the molecule is COc1ccc(C)cc1NS(=O)(=O)c1ccc(NC(=O)CN(c2cccc(C)c2C)S(C)(=O)=O)cc1. The zero-order chi connectivity index (χ0) is 26.7. The maximum Gasteiger partial charge on any atom is 0.262 e. The first-order chi connectivity index (χ1) is 16.8. The molecule has 0 bridgehead atoms. The number of rotatable bonds is 9. The number of benzene rings is 3. The molecule has 0 spiro atoms. The Morgan fingerprint density at radius 3 is 2.22 bits per heavy atom. The fraction of sp³-hybridized carbons (Fsp3) is 0.240. The number of amides is 1. The van der Waals surface area contributed by atoms with Gasteiger partial charge in [0, 0.05) is 5.69 Å². The monoisotopic (exact) mass is 531 g/mol. The van der Waals surface area contributed by atoms with Crippen LogP contribution in [0.25, 0.3) is 0 Å². The maximum absolute atomic E-state index is 12.9. The fourth-order valence-electron chi connectivity index (χ4n) is 3.54. The number of carbonyl (C=O) groups excluding carboxylic acids is 1. The summed E-state index contributed by atoms with van der Waals surface area (Å²) in [5.74, 6) is -0.188. The minimum atomic E-state index is -3.92. The molecule has 0 radical (unpaired) electrons. The fourth-order valence-corrected chi connectivity index (χ4v) is 5.51. The van der Waals surface area contributed by atoms with Gasteiger partial charge in [-0.25, -0.2) is 16.8 Å². The Labute approximate surface area is 212 Å². The molecule has 36 heavy (non-hydrogen) atoms. The number of methoxy groups -OCH3 is 1. The van der Waals surface area contributed by atoms with E-state index in [2.05, 4.69) is 10.0 Å². The molecule has 0 heterocycles. The number of nitrogens with one attached hydrogen (secondary N) is 2. The van der Waals surface area contributed by atoms with Crippen molar-refractivity contribution in [3.05, 3.63) is 77.4 Å². The summed E-state index contributed by atoms with van der Waals surface area (Å²) in [5.41, 5.74) is 3.56. The van der Waals surface area contributed by atoms with E-state index in [1.165, 1.54) is 31.4 Å². The number of nitrogens with zero attached hydrogens (tertiary/aromatic N) is 1. The summed E-state index contributed by atoms with van der Waals surface area (Å²) in [5, 5.41) is 2.62. The number of sulfonamides is 2. The highest BCUT2D eigenvalue weighted by atomic mass is 32.2. The van der Waals surface area contributed by atoms with Crippen molar-refractivity contribution in [3.63, 3.8) is 0 Å². The van der Waals surface area contributed by atoms with Crippen molar-refractivity contribution in [3.8, 4) is 5.75 Å². The van der Waals surface area contributed by atoms with Gasteiger partial charge in [-0.3, -0.25) is 13.8 Å². The summed E-state index contributed by atoms with van der Waals surface area (Å²) < 4.78 is 59.3. The average molecular weight is 532 g/mol. The van der Waals surface area contributed by atoms with Gasteiger partial charge < -0.3 is 10.1 Å². The molecule has 2 N–H and O–H groups in total. The normalized spacial score (nSPS) is 11.6. The van der Waals surface area contributed by atoms with Gasteiger partial charge in [-0.15, -0.1) is 0 Å². The molecule has 0 saturated heterocycles. The first-order valence-corrected chi connectivity index (χ1v) is 14.3. The van der Waals surface area contributed by atoms with Gasteiger partial charge in [-0.05, 0) is 79.9 Å². The number of hydrogen-bond acceptors (Lipinski definition) is 6. The molecular weight excluding hydrogens is 502 g/mol. The summed E-state index contributed by atoms with van der Waals surface area (Å²) in [6, 6.07) is 15.9. The van der Waals surface area contributed by atoms with Crippen LogP contribution in [0.4, 0.5) is 17.1 Å². The first kappa shape index (κ1) is 27.0. The predicted molar refractivity (Wildman–Crippen MR) is 142 cm³/mol. The van der Waals surface area contributed by atoms with Crippen molar-refractivity contribution in [2.75, 3.05) is 34.3 Å². The van der Waals surface area contributed by atoms with Crippen LogP contribution in [0.5, 0.6) is 5.75 Å². The second-order valence-corrected chi connectivity index (χ2v) is 12.0. The third-order valence-corrected chi connectivity index (χ3v) is 8.09. The van der Waals surface area contributed by atoms with E-state index in [1.54, 1.807) is 37.3 Å². The van der Waals surface area contributed by atoms with Crippen molar-refractivity contribution in [2.24, 2.45) is 0 Å². The molecule has 0 unspecified atom stereocenters. The van der Waals surface area contributed by atoms with Crippen LogP contribution < -0.4 is 19.1 Å². The lowest BCUT2D eigenvalue weighted by Gasteiger charge is -2.24. The molecule has 3 rings (SSSR count). The van der Waals surface area contributed by atoms with E-state index < -0.39 is 32.5 Å². The highest BCUT2D eigenvalue weighted by Gasteiger charge is 2.23. The lowest BCUT2D eigenvalue weighted by Crippen LogP contribution is -2.38. The lowest BCUT2D eigenvalue weighted by molar-refractivity contribution is -0.114. The van der Waals surface area contributed by atoms with E-state index in [-0.39, 0.29) is 4.90 Å². The Morgan fingerprint density at radius 1 is 0.944 bits per heavy atom. The molecular formula is C25H29N3O6S2. The van der Waals surface area contributed by atoms with Gasteiger partial charge in [0.25, 0.3) is 10.0 Å². The third-order valence-electron chi connectivity index (χ3n) is 5.58. The zero-order valence-corrected chi connectivity index (χ0v) is 22.3. The van der Waals surface area contributed by atoms with E-state index in [1.807, 2.05) is 19.9 Å². The first-order valence-electron chi connectivity index (χ1n) is 10.9. The Kier molecular flexibility index (Phi) is 7.95. The highest BCUT2D eigenvalue weighted by molar-refractivity contribution is 7.92. The standard InChI is InChI=1S/C25H29N3O6S2/c1-17-9-14-24(34-4)22(15-17)27-36(32,33)21-12-10-20(11-13-21)26-25(29)16-28(35(5,30)31)23-8-6-7-18(2)19(23)3/h6-15,27H,16H2,1-5H3,(H,26,29). The van der Waals surface area contributed by atoms with Gasteiger partial charge in [0.15, 0.2) is 0 Å². The molecule has 11 heteroatoms. The zero-order valence-electron chi connectivity index (χ0n) is 20.7. The van der Waals surface area contributed by atoms with Crippen LogP contribution in [-0.4, -0.2) is 42.7 Å². The molecule has 1 amide bonds. The smallest absolute Gasteiger partial charge is 0.262 e. The molecule has 192 valence electrons. The quantitative estimate of drug-likeness (QED) is 0.433. The van der Waals surface area contributed by atoms with Crippen LogP contribution in [0.2, 0.25) is 0 Å². The summed E-state index contributed by atoms with van der Waals surface area (Å²) in [6.45, 7) is 5.05. The van der Waals surface area contributed by atoms with Crippen LogP contribution in [0, 0.1) is 20.8 Å². The maximum atomic E-state index is 12.9. The van der Waals surface area contributed by atoms with Gasteiger partial charge in [-0.2, -0.15) is 0 Å². The molecule has 3 aromatic carbocycles. The van der Waals surface area contributed by atoms with E-state index in [4.69, 9.17) is 4.74 Å². The molecule has 0 aliphatic rings. The Bertz CT molecular complexity index is 1480. The summed E-state index contributed by atoms with van der Waals surface area (Å²) in [7, 11) is -6.21. The minimum Gasteiger partial charge on any atom is -0.495 e. The Hall–Kier alpha value is -3.57. The van der Waals surface area contributed by atoms with Crippen molar-refractivity contribution in [1.82, 2.24) is 0 Å². The summed E-state index contributed by atoms with van der Waals surface area (Å²) in [6.07, 6.45) is 1.04. The van der Waals surface area contributed by atoms with Crippen molar-refractivity contribution >= 4 is 43.0 Å². The summed E-state index contributed by atoms with van der Waals surface area (Å²) >= 11 is 0. The molecule has 0 aliphatic carbocycles. The van der Waals surface area contributed by atoms with Crippen molar-refractivity contribution < 1.29 is 26.4 Å². The van der Waals surface area contributed by atoms with E-state index in [0.717, 1.165) is 27.3 Å². The summed E-state index contributed by atoms with van der Waals surface area (Å²) in [4.78, 5) is 12.7. The Balaban J connectivity index is 1.76. The second-order valence-electron chi connectivity index (χ2n) is 8.37. The Morgan fingerprint density at radius 2 is 1.61 bits per heavy atom. The largest absolute Gasteiger partial charge is 0.495 e. The molecule has 0 atom stereocenters.